The summed E-state index contributed by atoms with van der Waals surface area (Å²) in [5, 5.41) is 10.8. The average molecular weight is 507 g/mol. The molecule has 0 radical (unpaired) electrons. The number of amides is 3. The number of rotatable bonds is 4. The number of nitrogens with zero attached hydrogens (tertiary/aromatic N) is 2. The summed E-state index contributed by atoms with van der Waals surface area (Å²) in [6, 6.07) is 5.40. The average Bonchev–Trinajstić information content (AvgIpc) is 2.61. The molecule has 1 rings (SSSR count). The largest absolute Gasteiger partial charge is 0.444 e. The van der Waals surface area contributed by atoms with E-state index >= 15 is 0 Å². The molecular weight excluding hydrogens is 464 g/mol. The van der Waals surface area contributed by atoms with E-state index in [1.165, 1.54) is 0 Å². The summed E-state index contributed by atoms with van der Waals surface area (Å²) in [7, 11) is 0. The third-order valence-electron chi connectivity index (χ3n) is 4.21. The van der Waals surface area contributed by atoms with Crippen molar-refractivity contribution >= 4 is 29.9 Å². The van der Waals surface area contributed by atoms with Gasteiger partial charge in [-0.25, -0.2) is 19.3 Å². The van der Waals surface area contributed by atoms with Gasteiger partial charge in [0.25, 0.3) is 0 Å². The summed E-state index contributed by atoms with van der Waals surface area (Å²) in [5.41, 5.74) is -0.274. The van der Waals surface area contributed by atoms with Crippen LogP contribution in [0.5, 0.6) is 0 Å². The molecule has 0 bridgehead atoms. The molecule has 0 atom stereocenters. The molecule has 0 aliphatic rings. The number of carbonyl (C=O) groups excluding carboxylic acids is 3. The lowest BCUT2D eigenvalue weighted by Crippen LogP contribution is -2.45. The minimum atomic E-state index is -0.827. The van der Waals surface area contributed by atoms with Crippen molar-refractivity contribution in [2.75, 3.05) is 11.4 Å². The Morgan fingerprint density at radius 2 is 1.31 bits per heavy atom. The molecular formula is C26H42N4O6. The lowest BCUT2D eigenvalue weighted by Gasteiger charge is -2.29. The van der Waals surface area contributed by atoms with Gasteiger partial charge in [0.1, 0.15) is 16.8 Å². The highest BCUT2D eigenvalue weighted by molar-refractivity contribution is 6.02. The van der Waals surface area contributed by atoms with Crippen molar-refractivity contribution in [1.82, 2.24) is 10.2 Å². The van der Waals surface area contributed by atoms with Gasteiger partial charge in [-0.05, 0) is 99.4 Å². The van der Waals surface area contributed by atoms with Crippen molar-refractivity contribution in [3.63, 3.8) is 0 Å². The Labute approximate surface area is 214 Å². The normalized spacial score (nSPS) is 11.9. The van der Waals surface area contributed by atoms with E-state index in [2.05, 4.69) is 5.32 Å². The number of benzene rings is 1. The van der Waals surface area contributed by atoms with Crippen LogP contribution in [0.3, 0.4) is 0 Å². The van der Waals surface area contributed by atoms with Crippen molar-refractivity contribution in [1.29, 1.82) is 5.41 Å². The van der Waals surface area contributed by atoms with E-state index < -0.39 is 35.1 Å². The zero-order valence-corrected chi connectivity index (χ0v) is 23.5. The van der Waals surface area contributed by atoms with E-state index in [1.807, 2.05) is 26.0 Å². The van der Waals surface area contributed by atoms with Crippen LogP contribution in [0.4, 0.5) is 20.1 Å². The molecule has 0 heterocycles. The fraction of sp³-hybridized carbons (Fsp3) is 0.615. The maximum absolute atomic E-state index is 12.9. The van der Waals surface area contributed by atoms with Crippen LogP contribution in [0.25, 0.3) is 0 Å². The number of hydrogen-bond acceptors (Lipinski definition) is 7. The Balaban J connectivity index is 3.27. The summed E-state index contributed by atoms with van der Waals surface area (Å²) in [6.45, 7) is 19.5. The molecule has 1 aromatic carbocycles. The summed E-state index contributed by atoms with van der Waals surface area (Å²) < 4.78 is 16.1. The maximum Gasteiger partial charge on any atom is 0.420 e. The molecule has 2 N–H and O–H groups in total. The Bertz CT molecular complexity index is 942. The van der Waals surface area contributed by atoms with Gasteiger partial charge in [0.05, 0.1) is 6.54 Å². The zero-order chi connectivity index (χ0) is 28.1. The van der Waals surface area contributed by atoms with Crippen molar-refractivity contribution < 1.29 is 28.6 Å². The number of nitrogens with one attached hydrogen (secondary N) is 2. The quantitative estimate of drug-likeness (QED) is 0.294. The first-order valence-electron chi connectivity index (χ1n) is 11.9. The third kappa shape index (κ3) is 11.0. The minimum absolute atomic E-state index is 0.108. The molecule has 1 aromatic rings. The van der Waals surface area contributed by atoms with Crippen LogP contribution in [0.2, 0.25) is 0 Å². The van der Waals surface area contributed by atoms with Crippen molar-refractivity contribution in [3.05, 3.63) is 29.3 Å². The molecule has 0 spiro atoms. The molecule has 0 aliphatic carbocycles. The fourth-order valence-corrected chi connectivity index (χ4v) is 3.05. The fourth-order valence-electron chi connectivity index (χ4n) is 3.05. The summed E-state index contributed by atoms with van der Waals surface area (Å²) >= 11 is 0. The van der Waals surface area contributed by atoms with Crippen molar-refractivity contribution in [2.45, 2.75) is 99.5 Å². The highest BCUT2D eigenvalue weighted by atomic mass is 16.6. The van der Waals surface area contributed by atoms with Gasteiger partial charge in [-0.1, -0.05) is 6.07 Å². The molecule has 0 fully saturated rings. The van der Waals surface area contributed by atoms with Crippen molar-refractivity contribution in [2.24, 2.45) is 0 Å². The van der Waals surface area contributed by atoms with E-state index in [0.29, 0.717) is 17.8 Å². The van der Waals surface area contributed by atoms with Gasteiger partial charge in [-0.2, -0.15) is 0 Å². The van der Waals surface area contributed by atoms with Gasteiger partial charge in [0.2, 0.25) is 5.96 Å². The highest BCUT2D eigenvalue weighted by Crippen LogP contribution is 2.23. The molecule has 0 aliphatic heterocycles. The van der Waals surface area contributed by atoms with Gasteiger partial charge in [0, 0.05) is 12.2 Å². The number of alkyl carbamates (subject to hydrolysis) is 1. The molecule has 10 nitrogen and oxygen atoms in total. The number of hydrogen-bond donors (Lipinski definition) is 2. The highest BCUT2D eigenvalue weighted by Gasteiger charge is 2.31. The van der Waals surface area contributed by atoms with Crippen LogP contribution >= 0.6 is 0 Å². The topological polar surface area (TPSA) is 121 Å². The molecule has 0 aromatic heterocycles. The minimum Gasteiger partial charge on any atom is -0.444 e. The SMILES string of the molecule is CCN(C(=N)NC(=O)OC(C)(C)C)c1cc(C)cc(CN(C(=O)OC(C)(C)C)C(=O)OC(C)(C)C)c1. The second kappa shape index (κ2) is 11.6. The first-order chi connectivity index (χ1) is 16.2. The molecule has 3 amide bonds. The molecule has 202 valence electrons. The number of carbonyl (C=O) groups is 3. The molecule has 0 saturated heterocycles. The first-order valence-corrected chi connectivity index (χ1v) is 11.9. The number of ether oxygens (including phenoxy) is 3. The number of aryl methyl sites for hydroxylation is 1. The lowest BCUT2D eigenvalue weighted by atomic mass is 10.1. The summed E-state index contributed by atoms with van der Waals surface area (Å²) in [6.07, 6.45) is -2.39. The Morgan fingerprint density at radius 3 is 1.72 bits per heavy atom. The number of guanidine groups is 1. The Morgan fingerprint density at radius 1 is 0.833 bits per heavy atom. The predicted octanol–water partition coefficient (Wildman–Crippen LogP) is 5.95. The second-order valence-electron chi connectivity index (χ2n) is 11.4. The van der Waals surface area contributed by atoms with Crippen LogP contribution < -0.4 is 10.2 Å². The van der Waals surface area contributed by atoms with Gasteiger partial charge in [-0.3, -0.25) is 10.7 Å². The molecule has 36 heavy (non-hydrogen) atoms. The van der Waals surface area contributed by atoms with Crippen LogP contribution in [0.1, 0.15) is 80.4 Å². The monoisotopic (exact) mass is 506 g/mol. The van der Waals surface area contributed by atoms with Gasteiger partial charge < -0.3 is 19.1 Å². The van der Waals surface area contributed by atoms with Gasteiger partial charge in [-0.15, -0.1) is 0 Å². The molecule has 0 unspecified atom stereocenters. The van der Waals surface area contributed by atoms with E-state index in [0.717, 1.165) is 10.5 Å². The molecule has 10 heteroatoms. The zero-order valence-electron chi connectivity index (χ0n) is 23.5. The van der Waals surface area contributed by atoms with Crippen LogP contribution in [0, 0.1) is 12.3 Å². The van der Waals surface area contributed by atoms with Crippen LogP contribution in [0.15, 0.2) is 18.2 Å². The number of imide groups is 1. The van der Waals surface area contributed by atoms with E-state index in [-0.39, 0.29) is 12.5 Å². The van der Waals surface area contributed by atoms with Gasteiger partial charge in [0.15, 0.2) is 0 Å². The number of anilines is 1. The summed E-state index contributed by atoms with van der Waals surface area (Å²) in [5.74, 6) is -0.167. The third-order valence-corrected chi connectivity index (χ3v) is 4.21. The molecule has 0 saturated carbocycles. The first kappa shape index (κ1) is 30.7. The van der Waals surface area contributed by atoms with E-state index in [4.69, 9.17) is 19.6 Å². The van der Waals surface area contributed by atoms with Gasteiger partial charge >= 0.3 is 18.3 Å². The smallest absolute Gasteiger partial charge is 0.420 e. The maximum atomic E-state index is 12.9. The van der Waals surface area contributed by atoms with E-state index in [9.17, 15) is 14.4 Å². The lowest BCUT2D eigenvalue weighted by molar-refractivity contribution is -0.000303. The van der Waals surface area contributed by atoms with E-state index in [1.54, 1.807) is 73.3 Å². The van der Waals surface area contributed by atoms with Crippen LogP contribution in [-0.2, 0) is 20.8 Å². The second-order valence-corrected chi connectivity index (χ2v) is 11.4. The summed E-state index contributed by atoms with van der Waals surface area (Å²) in [4.78, 5) is 40.4. The Kier molecular flexibility index (Phi) is 9.92. The van der Waals surface area contributed by atoms with Crippen molar-refractivity contribution in [3.8, 4) is 0 Å². The standard InChI is InChI=1S/C26H42N4O6/c1-12-29(20(27)28-21(31)34-24(3,4)5)19-14-17(2)13-18(15-19)16-30(22(32)35-25(6,7)8)23(33)36-26(9,10)11/h13-15H,12,16H2,1-11H3,(H2,27,28,31). The van der Waals surface area contributed by atoms with Crippen LogP contribution in [-0.4, -0.2) is 52.5 Å². The Hall–Kier alpha value is -3.30. The predicted molar refractivity (Wildman–Crippen MR) is 139 cm³/mol.